The molecule has 0 bridgehead atoms. The Hall–Kier alpha value is -0.960. The van der Waals surface area contributed by atoms with Gasteiger partial charge in [0, 0.05) is 17.5 Å². The number of nitrogens with zero attached hydrogens (tertiary/aromatic N) is 1. The van der Waals surface area contributed by atoms with Crippen molar-refractivity contribution in [1.29, 1.82) is 0 Å². The molecule has 0 aliphatic heterocycles. The Bertz CT molecular complexity index is 447. The molecular weight excluding hydrogens is 194 g/mol. The molecule has 14 heavy (non-hydrogen) atoms. The molecule has 0 aliphatic carbocycles. The van der Waals surface area contributed by atoms with Crippen LogP contribution in [-0.4, -0.2) is 10.2 Å². The molecule has 0 aliphatic rings. The van der Waals surface area contributed by atoms with E-state index in [1.54, 1.807) is 11.8 Å². The first-order valence-corrected chi connectivity index (χ1v) is 5.56. The van der Waals surface area contributed by atoms with Crippen LogP contribution < -0.4 is 0 Å². The molecule has 2 nitrogen and oxygen atoms in total. The fourth-order valence-corrected chi connectivity index (χ4v) is 2.07. The number of hydrogen-bond acceptors (Lipinski definition) is 3. The summed E-state index contributed by atoms with van der Waals surface area (Å²) in [4.78, 5) is 4.30. The summed E-state index contributed by atoms with van der Waals surface area (Å²) in [6.07, 6.45) is 1.86. The fourth-order valence-electron chi connectivity index (χ4n) is 1.28. The highest BCUT2D eigenvalue weighted by Crippen LogP contribution is 2.28. The number of aromatic nitrogens is 1. The zero-order valence-electron chi connectivity index (χ0n) is 8.57. The van der Waals surface area contributed by atoms with E-state index in [4.69, 9.17) is 4.42 Å². The van der Waals surface area contributed by atoms with Gasteiger partial charge in [0.25, 0.3) is 0 Å². The molecule has 3 heteroatoms. The largest absolute Gasteiger partial charge is 0.448 e. The van der Waals surface area contributed by atoms with Crippen LogP contribution in [-0.2, 0) is 0 Å². The van der Waals surface area contributed by atoms with E-state index in [1.807, 2.05) is 25.3 Å². The highest BCUT2D eigenvalue weighted by molar-refractivity contribution is 7.99. The summed E-state index contributed by atoms with van der Waals surface area (Å²) in [6, 6.07) is 4.02. The van der Waals surface area contributed by atoms with Gasteiger partial charge in [-0.3, -0.25) is 4.98 Å². The van der Waals surface area contributed by atoms with Crippen molar-refractivity contribution in [3.05, 3.63) is 23.9 Å². The van der Waals surface area contributed by atoms with E-state index in [0.29, 0.717) is 5.25 Å². The molecule has 0 radical (unpaired) electrons. The summed E-state index contributed by atoms with van der Waals surface area (Å²) >= 11 is 1.72. The van der Waals surface area contributed by atoms with Crippen molar-refractivity contribution >= 4 is 22.9 Å². The van der Waals surface area contributed by atoms with Crippen LogP contribution in [0.2, 0.25) is 0 Å². The second-order valence-corrected chi connectivity index (χ2v) is 5.21. The van der Waals surface area contributed by atoms with E-state index < -0.39 is 0 Å². The lowest BCUT2D eigenvalue weighted by Gasteiger charge is -1.97. The quantitative estimate of drug-likeness (QED) is 0.703. The Balaban J connectivity index is 2.41. The van der Waals surface area contributed by atoms with Crippen molar-refractivity contribution in [2.45, 2.75) is 31.1 Å². The van der Waals surface area contributed by atoms with Crippen molar-refractivity contribution in [1.82, 2.24) is 4.98 Å². The summed E-state index contributed by atoms with van der Waals surface area (Å²) in [5.74, 6) is 0. The van der Waals surface area contributed by atoms with Crippen LogP contribution in [0.25, 0.3) is 11.1 Å². The summed E-state index contributed by atoms with van der Waals surface area (Å²) in [7, 11) is 0. The average molecular weight is 207 g/mol. The molecule has 0 fully saturated rings. The second-order valence-electron chi connectivity index (χ2n) is 3.63. The molecule has 0 atom stereocenters. The van der Waals surface area contributed by atoms with E-state index in [9.17, 15) is 0 Å². The molecule has 2 heterocycles. The lowest BCUT2D eigenvalue weighted by atomic mass is 10.3. The van der Waals surface area contributed by atoms with Gasteiger partial charge in [-0.2, -0.15) is 0 Å². The third-order valence-electron chi connectivity index (χ3n) is 1.84. The summed E-state index contributed by atoms with van der Waals surface area (Å²) < 4.78 is 5.66. The van der Waals surface area contributed by atoms with Crippen LogP contribution in [0.4, 0.5) is 0 Å². The molecule has 0 spiro atoms. The first kappa shape index (κ1) is 9.59. The van der Waals surface area contributed by atoms with Gasteiger partial charge in [-0.1, -0.05) is 25.6 Å². The third-order valence-corrected chi connectivity index (χ3v) is 2.74. The maximum absolute atomic E-state index is 5.66. The van der Waals surface area contributed by atoms with Gasteiger partial charge in [0.1, 0.15) is 5.52 Å². The first-order chi connectivity index (χ1) is 6.65. The molecule has 2 rings (SSSR count). The highest BCUT2D eigenvalue weighted by atomic mass is 32.2. The molecule has 74 valence electrons. The Morgan fingerprint density at radius 2 is 2.14 bits per heavy atom. The first-order valence-electron chi connectivity index (χ1n) is 4.68. The lowest BCUT2D eigenvalue weighted by Crippen LogP contribution is -1.82. The minimum absolute atomic E-state index is 0.539. The van der Waals surface area contributed by atoms with E-state index in [0.717, 1.165) is 21.8 Å². The van der Waals surface area contributed by atoms with Gasteiger partial charge in [0.05, 0.1) is 0 Å². The Labute approximate surface area is 87.7 Å². The fraction of sp³-hybridized carbons (Fsp3) is 0.364. The second kappa shape index (κ2) is 3.65. The van der Waals surface area contributed by atoms with Crippen LogP contribution in [0.5, 0.6) is 0 Å². The number of furan rings is 1. The predicted octanol–water partition coefficient (Wildman–Crippen LogP) is 3.64. The number of hydrogen-bond donors (Lipinski definition) is 0. The normalized spacial score (nSPS) is 11.4. The van der Waals surface area contributed by atoms with Crippen molar-refractivity contribution in [2.75, 3.05) is 0 Å². The van der Waals surface area contributed by atoms with Gasteiger partial charge in [-0.15, -0.1) is 0 Å². The molecule has 2 aromatic heterocycles. The summed E-state index contributed by atoms with van der Waals surface area (Å²) in [6.45, 7) is 6.32. The van der Waals surface area contributed by atoms with Crippen LogP contribution >= 0.6 is 11.8 Å². The monoisotopic (exact) mass is 207 g/mol. The highest BCUT2D eigenvalue weighted by Gasteiger charge is 2.06. The topological polar surface area (TPSA) is 26.0 Å². The van der Waals surface area contributed by atoms with Crippen LogP contribution in [0, 0.1) is 6.92 Å². The predicted molar refractivity (Wildman–Crippen MR) is 59.7 cm³/mol. The van der Waals surface area contributed by atoms with Gasteiger partial charge >= 0.3 is 0 Å². The molecular formula is C11H13NOS. The summed E-state index contributed by atoms with van der Waals surface area (Å²) in [5, 5.41) is 1.49. The molecule has 0 amide bonds. The van der Waals surface area contributed by atoms with Gasteiger partial charge in [0.15, 0.2) is 10.7 Å². The average Bonchev–Trinajstić information content (AvgIpc) is 2.44. The molecule has 0 saturated carbocycles. The molecule has 0 saturated heterocycles. The smallest absolute Gasteiger partial charge is 0.163 e. The SMILES string of the molecule is Cc1cnc2cc(SC(C)C)oc2c1. The van der Waals surface area contributed by atoms with Crippen LogP contribution in [0.15, 0.2) is 27.8 Å². The van der Waals surface area contributed by atoms with Crippen molar-refractivity contribution < 1.29 is 4.42 Å². The number of rotatable bonds is 2. The number of fused-ring (bicyclic) bond motifs is 1. The summed E-state index contributed by atoms with van der Waals surface area (Å²) in [5.41, 5.74) is 2.96. The van der Waals surface area contributed by atoms with Gasteiger partial charge in [0.2, 0.25) is 0 Å². The Morgan fingerprint density at radius 1 is 1.36 bits per heavy atom. The van der Waals surface area contributed by atoms with E-state index in [-0.39, 0.29) is 0 Å². The van der Waals surface area contributed by atoms with Crippen molar-refractivity contribution in [3.63, 3.8) is 0 Å². The van der Waals surface area contributed by atoms with Crippen LogP contribution in [0.3, 0.4) is 0 Å². The zero-order valence-corrected chi connectivity index (χ0v) is 9.39. The van der Waals surface area contributed by atoms with Gasteiger partial charge < -0.3 is 4.42 Å². The third kappa shape index (κ3) is 1.93. The van der Waals surface area contributed by atoms with Crippen molar-refractivity contribution in [2.24, 2.45) is 0 Å². The lowest BCUT2D eigenvalue weighted by molar-refractivity contribution is 0.514. The Morgan fingerprint density at radius 3 is 2.86 bits per heavy atom. The van der Waals surface area contributed by atoms with Crippen molar-refractivity contribution in [3.8, 4) is 0 Å². The Kier molecular flexibility index (Phi) is 2.50. The number of pyridine rings is 1. The van der Waals surface area contributed by atoms with Gasteiger partial charge in [-0.05, 0) is 18.6 Å². The number of aryl methyl sites for hydroxylation is 1. The molecule has 2 aromatic rings. The number of thioether (sulfide) groups is 1. The maximum atomic E-state index is 5.66. The maximum Gasteiger partial charge on any atom is 0.163 e. The van der Waals surface area contributed by atoms with Crippen LogP contribution in [0.1, 0.15) is 19.4 Å². The zero-order chi connectivity index (χ0) is 10.1. The van der Waals surface area contributed by atoms with Gasteiger partial charge in [-0.25, -0.2) is 0 Å². The molecule has 0 unspecified atom stereocenters. The molecule has 0 N–H and O–H groups in total. The van der Waals surface area contributed by atoms with E-state index in [2.05, 4.69) is 18.8 Å². The minimum Gasteiger partial charge on any atom is -0.448 e. The molecule has 0 aromatic carbocycles. The van der Waals surface area contributed by atoms with E-state index in [1.165, 1.54) is 0 Å². The minimum atomic E-state index is 0.539. The van der Waals surface area contributed by atoms with E-state index >= 15 is 0 Å². The standard InChI is InChI=1S/C11H13NOS/c1-7(2)14-11-5-9-10(13-11)4-8(3)6-12-9/h4-7H,1-3H3.